The maximum atomic E-state index is 9.50. The maximum Gasteiger partial charge on any atom is 0.142 e. The van der Waals surface area contributed by atoms with Crippen LogP contribution >= 0.6 is 0 Å². The van der Waals surface area contributed by atoms with Crippen LogP contribution in [0.3, 0.4) is 0 Å². The van der Waals surface area contributed by atoms with Gasteiger partial charge in [-0.1, -0.05) is 0 Å². The molecule has 2 rings (SSSR count). The summed E-state index contributed by atoms with van der Waals surface area (Å²) in [5, 5.41) is 38.0. The molecule has 6 heteroatoms. The summed E-state index contributed by atoms with van der Waals surface area (Å²) in [7, 11) is 0. The molecule has 0 saturated carbocycles. The Kier molecular flexibility index (Phi) is 2.55. The zero-order chi connectivity index (χ0) is 13.4. The van der Waals surface area contributed by atoms with Gasteiger partial charge in [-0.3, -0.25) is 0 Å². The molecule has 0 heterocycles. The number of rotatable bonds is 1. The fourth-order valence-electron chi connectivity index (χ4n) is 1.58. The number of benzene rings is 2. The number of aromatic hydroxyl groups is 4. The van der Waals surface area contributed by atoms with Crippen LogP contribution in [-0.2, 0) is 0 Å². The second-order valence-corrected chi connectivity index (χ2v) is 3.86. The summed E-state index contributed by atoms with van der Waals surface area (Å²) in [6.45, 7) is 0. The maximum absolute atomic E-state index is 9.50. The third-order valence-corrected chi connectivity index (χ3v) is 2.61. The molecule has 18 heavy (non-hydrogen) atoms. The summed E-state index contributed by atoms with van der Waals surface area (Å²) in [4.78, 5) is 0. The number of phenolic OH excluding ortho intramolecular Hbond substituents is 4. The zero-order valence-corrected chi connectivity index (χ0v) is 9.25. The van der Waals surface area contributed by atoms with Gasteiger partial charge >= 0.3 is 0 Å². The van der Waals surface area contributed by atoms with E-state index in [0.29, 0.717) is 11.1 Å². The number of phenols is 4. The summed E-state index contributed by atoms with van der Waals surface area (Å²) < 4.78 is 0. The Labute approximate surface area is 102 Å². The second-order valence-electron chi connectivity index (χ2n) is 3.86. The highest BCUT2D eigenvalue weighted by molar-refractivity contribution is 5.79. The Morgan fingerprint density at radius 1 is 0.556 bits per heavy atom. The number of nitrogens with two attached hydrogens (primary N) is 2. The molecule has 0 saturated heterocycles. The van der Waals surface area contributed by atoms with Crippen LogP contribution in [0.2, 0.25) is 0 Å². The SMILES string of the molecule is Nc1c(O)cc(-c2cc(O)c(N)c(O)c2)cc1O. The second kappa shape index (κ2) is 3.92. The molecule has 2 aromatic carbocycles. The van der Waals surface area contributed by atoms with E-state index in [2.05, 4.69) is 0 Å². The van der Waals surface area contributed by atoms with Crippen LogP contribution in [0.25, 0.3) is 11.1 Å². The molecule has 0 radical (unpaired) electrons. The normalized spacial score (nSPS) is 10.4. The molecule has 0 amide bonds. The van der Waals surface area contributed by atoms with E-state index >= 15 is 0 Å². The molecular formula is C12H12N2O4. The van der Waals surface area contributed by atoms with E-state index in [-0.39, 0.29) is 34.4 Å². The molecular weight excluding hydrogens is 236 g/mol. The lowest BCUT2D eigenvalue weighted by molar-refractivity contribution is 0.453. The van der Waals surface area contributed by atoms with Crippen LogP contribution in [0.5, 0.6) is 23.0 Å². The lowest BCUT2D eigenvalue weighted by Gasteiger charge is -2.09. The number of anilines is 2. The summed E-state index contributed by atoms with van der Waals surface area (Å²) in [6.07, 6.45) is 0. The van der Waals surface area contributed by atoms with Gasteiger partial charge in [0.1, 0.15) is 34.4 Å². The van der Waals surface area contributed by atoms with E-state index in [9.17, 15) is 20.4 Å². The third-order valence-electron chi connectivity index (χ3n) is 2.61. The molecule has 6 nitrogen and oxygen atoms in total. The molecule has 0 bridgehead atoms. The van der Waals surface area contributed by atoms with Crippen LogP contribution in [0.4, 0.5) is 11.4 Å². The quantitative estimate of drug-likeness (QED) is 0.333. The zero-order valence-electron chi connectivity index (χ0n) is 9.25. The van der Waals surface area contributed by atoms with Gasteiger partial charge in [-0.2, -0.15) is 0 Å². The lowest BCUT2D eigenvalue weighted by atomic mass is 10.0. The van der Waals surface area contributed by atoms with Gasteiger partial charge in [0.2, 0.25) is 0 Å². The van der Waals surface area contributed by atoms with Crippen molar-refractivity contribution in [3.8, 4) is 34.1 Å². The topological polar surface area (TPSA) is 133 Å². The molecule has 0 aliphatic rings. The Hall–Kier alpha value is -2.76. The van der Waals surface area contributed by atoms with E-state index in [1.807, 2.05) is 0 Å². The summed E-state index contributed by atoms with van der Waals surface area (Å²) >= 11 is 0. The van der Waals surface area contributed by atoms with Crippen molar-refractivity contribution >= 4 is 11.4 Å². The van der Waals surface area contributed by atoms with E-state index in [1.165, 1.54) is 24.3 Å². The first-order chi connectivity index (χ1) is 8.40. The number of hydrogen-bond donors (Lipinski definition) is 6. The van der Waals surface area contributed by atoms with Gasteiger partial charge in [-0.25, -0.2) is 0 Å². The average molecular weight is 248 g/mol. The molecule has 8 N–H and O–H groups in total. The van der Waals surface area contributed by atoms with E-state index in [1.54, 1.807) is 0 Å². The Morgan fingerprint density at radius 2 is 0.778 bits per heavy atom. The van der Waals surface area contributed by atoms with Crippen LogP contribution in [0.15, 0.2) is 24.3 Å². The fourth-order valence-corrected chi connectivity index (χ4v) is 1.58. The molecule has 0 aliphatic heterocycles. The number of hydrogen-bond acceptors (Lipinski definition) is 6. The van der Waals surface area contributed by atoms with Gasteiger partial charge in [0.05, 0.1) is 0 Å². The third kappa shape index (κ3) is 1.80. The van der Waals surface area contributed by atoms with Gasteiger partial charge in [0.25, 0.3) is 0 Å². The molecule has 0 unspecified atom stereocenters. The summed E-state index contributed by atoms with van der Waals surface area (Å²) in [6, 6.07) is 5.22. The van der Waals surface area contributed by atoms with E-state index < -0.39 is 0 Å². The number of nitrogen functional groups attached to an aromatic ring is 2. The van der Waals surface area contributed by atoms with Crippen molar-refractivity contribution in [1.82, 2.24) is 0 Å². The Balaban J connectivity index is 2.63. The molecule has 0 aliphatic carbocycles. The first-order valence-electron chi connectivity index (χ1n) is 5.03. The predicted octanol–water partition coefficient (Wildman–Crippen LogP) is 1.34. The van der Waals surface area contributed by atoms with Gasteiger partial charge in [-0.15, -0.1) is 0 Å². The van der Waals surface area contributed by atoms with Gasteiger partial charge in [0, 0.05) is 0 Å². The van der Waals surface area contributed by atoms with Crippen LogP contribution in [0.1, 0.15) is 0 Å². The van der Waals surface area contributed by atoms with Crippen molar-refractivity contribution < 1.29 is 20.4 Å². The monoisotopic (exact) mass is 248 g/mol. The smallest absolute Gasteiger partial charge is 0.142 e. The standard InChI is InChI=1S/C12H12N2O4/c13-11-7(15)1-5(2-8(11)16)6-3-9(17)12(14)10(18)4-6/h1-4,15-18H,13-14H2. The van der Waals surface area contributed by atoms with Crippen molar-refractivity contribution in [2.24, 2.45) is 0 Å². The molecule has 94 valence electrons. The van der Waals surface area contributed by atoms with Crippen molar-refractivity contribution in [2.45, 2.75) is 0 Å². The van der Waals surface area contributed by atoms with Crippen molar-refractivity contribution in [1.29, 1.82) is 0 Å². The lowest BCUT2D eigenvalue weighted by Crippen LogP contribution is -1.90. The summed E-state index contributed by atoms with van der Waals surface area (Å²) in [5.74, 6) is -1.16. The molecule has 2 aromatic rings. The van der Waals surface area contributed by atoms with Crippen molar-refractivity contribution in [3.05, 3.63) is 24.3 Å². The molecule has 0 aromatic heterocycles. The summed E-state index contributed by atoms with van der Waals surface area (Å²) in [5.41, 5.74) is 11.3. The van der Waals surface area contributed by atoms with Gasteiger partial charge < -0.3 is 31.9 Å². The van der Waals surface area contributed by atoms with Crippen LogP contribution in [0, 0.1) is 0 Å². The van der Waals surface area contributed by atoms with Gasteiger partial charge in [0.15, 0.2) is 0 Å². The van der Waals surface area contributed by atoms with E-state index in [4.69, 9.17) is 11.5 Å². The largest absolute Gasteiger partial charge is 0.506 e. The minimum atomic E-state index is -0.291. The minimum absolute atomic E-state index is 0.136. The first kappa shape index (κ1) is 11.7. The molecule has 0 spiro atoms. The van der Waals surface area contributed by atoms with Gasteiger partial charge in [-0.05, 0) is 35.4 Å². The highest BCUT2D eigenvalue weighted by Crippen LogP contribution is 2.40. The molecule has 0 atom stereocenters. The van der Waals surface area contributed by atoms with Crippen molar-refractivity contribution in [2.75, 3.05) is 11.5 Å². The Morgan fingerprint density at radius 3 is 1.00 bits per heavy atom. The minimum Gasteiger partial charge on any atom is -0.506 e. The molecule has 0 fully saturated rings. The highest BCUT2D eigenvalue weighted by Gasteiger charge is 2.11. The fraction of sp³-hybridized carbons (Fsp3) is 0. The Bertz CT molecular complexity index is 524. The van der Waals surface area contributed by atoms with Crippen molar-refractivity contribution in [3.63, 3.8) is 0 Å². The highest BCUT2D eigenvalue weighted by atomic mass is 16.3. The average Bonchev–Trinajstić information content (AvgIpc) is 2.31. The first-order valence-corrected chi connectivity index (χ1v) is 5.03. The van der Waals surface area contributed by atoms with Crippen LogP contribution in [-0.4, -0.2) is 20.4 Å². The van der Waals surface area contributed by atoms with E-state index in [0.717, 1.165) is 0 Å². The predicted molar refractivity (Wildman–Crippen MR) is 67.4 cm³/mol. The van der Waals surface area contributed by atoms with Crippen LogP contribution < -0.4 is 11.5 Å².